The first kappa shape index (κ1) is 14.8. The highest BCUT2D eigenvalue weighted by molar-refractivity contribution is 5.38. The minimum absolute atomic E-state index is 0.104. The number of aromatic nitrogens is 3. The van der Waals surface area contributed by atoms with Gasteiger partial charge in [0.15, 0.2) is 5.82 Å². The number of nitrogens with zero attached hydrogens (tertiary/aromatic N) is 3. The van der Waals surface area contributed by atoms with Crippen LogP contribution in [0.1, 0.15) is 17.7 Å². The number of rotatable bonds is 3. The van der Waals surface area contributed by atoms with Crippen molar-refractivity contribution in [2.45, 2.75) is 19.3 Å². The maximum absolute atomic E-state index is 12.2. The maximum atomic E-state index is 12.2. The Bertz CT molecular complexity index is 648. The van der Waals surface area contributed by atoms with Crippen LogP contribution in [0.2, 0.25) is 0 Å². The molecule has 10 heteroatoms. The largest absolute Gasteiger partial charge is 0.573 e. The summed E-state index contributed by atoms with van der Waals surface area (Å²) in [6, 6.07) is 5.36. The van der Waals surface area contributed by atoms with Gasteiger partial charge in [0.05, 0.1) is 11.7 Å². The molecule has 1 aromatic carbocycles. The van der Waals surface area contributed by atoms with Crippen molar-refractivity contribution >= 4 is 0 Å². The van der Waals surface area contributed by atoms with Crippen LogP contribution in [0.4, 0.5) is 13.2 Å². The normalized spacial score (nSPS) is 18.6. The second-order valence-corrected chi connectivity index (χ2v) is 4.67. The van der Waals surface area contributed by atoms with Gasteiger partial charge in [-0.1, -0.05) is 0 Å². The molecule has 3 rings (SSSR count). The van der Waals surface area contributed by atoms with Crippen molar-refractivity contribution < 1.29 is 17.9 Å². The Kier molecular flexibility index (Phi) is 3.72. The molecule has 3 N–H and O–H groups in total. The van der Waals surface area contributed by atoms with E-state index in [-0.39, 0.29) is 11.8 Å². The van der Waals surface area contributed by atoms with Gasteiger partial charge in [-0.15, -0.1) is 13.2 Å². The molecule has 1 unspecified atom stereocenters. The van der Waals surface area contributed by atoms with Gasteiger partial charge in [0.25, 0.3) is 0 Å². The lowest BCUT2D eigenvalue weighted by Gasteiger charge is -2.12. The third-order valence-electron chi connectivity index (χ3n) is 3.01. The zero-order valence-corrected chi connectivity index (χ0v) is 11.5. The summed E-state index contributed by atoms with van der Waals surface area (Å²) in [5.74, 6) is 0.941. The van der Waals surface area contributed by atoms with E-state index >= 15 is 0 Å². The average molecular weight is 314 g/mol. The van der Waals surface area contributed by atoms with Gasteiger partial charge >= 0.3 is 6.36 Å². The van der Waals surface area contributed by atoms with E-state index in [0.717, 1.165) is 0 Å². The molecule has 0 spiro atoms. The van der Waals surface area contributed by atoms with E-state index in [1.54, 1.807) is 11.6 Å². The number of ether oxygens (including phenoxy) is 1. The topological polar surface area (TPSA) is 76.0 Å². The highest BCUT2D eigenvalue weighted by atomic mass is 19.4. The van der Waals surface area contributed by atoms with Crippen molar-refractivity contribution in [3.05, 3.63) is 35.9 Å². The molecule has 22 heavy (non-hydrogen) atoms. The molecular weight excluding hydrogens is 301 g/mol. The van der Waals surface area contributed by atoms with Crippen LogP contribution in [0.3, 0.4) is 0 Å². The molecule has 1 fully saturated rings. The molecule has 0 saturated carbocycles. The van der Waals surface area contributed by atoms with Crippen molar-refractivity contribution in [3.63, 3.8) is 0 Å². The molecule has 1 aliphatic rings. The van der Waals surface area contributed by atoms with E-state index in [4.69, 9.17) is 0 Å². The molecule has 2 aromatic rings. The summed E-state index contributed by atoms with van der Waals surface area (Å²) in [6.45, 7) is 2.35. The molecule has 7 nitrogen and oxygen atoms in total. The lowest BCUT2D eigenvalue weighted by Crippen LogP contribution is -2.31. The van der Waals surface area contributed by atoms with Gasteiger partial charge < -0.3 is 4.74 Å². The highest BCUT2D eigenvalue weighted by Crippen LogP contribution is 2.24. The third-order valence-corrected chi connectivity index (χ3v) is 3.01. The van der Waals surface area contributed by atoms with Gasteiger partial charge in [0.1, 0.15) is 11.6 Å². The molecule has 2 heterocycles. The van der Waals surface area contributed by atoms with Gasteiger partial charge in [0.2, 0.25) is 0 Å². The second kappa shape index (κ2) is 5.55. The standard InChI is InChI=1S/C12H13F3N6O/c1-7-17-11(10-6-16-20-18-10)21(19-7)8-2-4-9(5-3-8)22-12(13,14)15/h2-5,10,16,18,20H,6H2,1H3. The number of benzene rings is 1. The molecule has 0 radical (unpaired) electrons. The number of hydrogen-bond acceptors (Lipinski definition) is 6. The fraction of sp³-hybridized carbons (Fsp3) is 0.333. The second-order valence-electron chi connectivity index (χ2n) is 4.67. The number of alkyl halides is 3. The van der Waals surface area contributed by atoms with Crippen LogP contribution in [0, 0.1) is 6.92 Å². The van der Waals surface area contributed by atoms with Gasteiger partial charge in [-0.2, -0.15) is 10.6 Å². The minimum Gasteiger partial charge on any atom is -0.406 e. The predicted molar refractivity (Wildman–Crippen MR) is 69.8 cm³/mol. The Morgan fingerprint density at radius 2 is 2.00 bits per heavy atom. The summed E-state index contributed by atoms with van der Waals surface area (Å²) < 4.78 is 41.9. The summed E-state index contributed by atoms with van der Waals surface area (Å²) in [5, 5.41) is 4.28. The lowest BCUT2D eigenvalue weighted by atomic mass is 10.2. The predicted octanol–water partition coefficient (Wildman–Crippen LogP) is 1.13. The first-order valence-corrected chi connectivity index (χ1v) is 6.45. The summed E-state index contributed by atoms with van der Waals surface area (Å²) in [7, 11) is 0. The van der Waals surface area contributed by atoms with Crippen LogP contribution >= 0.6 is 0 Å². The molecule has 0 bridgehead atoms. The summed E-state index contributed by atoms with van der Waals surface area (Å²) in [4.78, 5) is 4.35. The average Bonchev–Trinajstić information content (AvgIpc) is 3.06. The highest BCUT2D eigenvalue weighted by Gasteiger charge is 2.31. The molecule has 1 aromatic heterocycles. The summed E-state index contributed by atoms with van der Waals surface area (Å²) >= 11 is 0. The number of nitrogens with one attached hydrogen (secondary N) is 3. The van der Waals surface area contributed by atoms with Crippen LogP contribution in [-0.4, -0.2) is 27.7 Å². The summed E-state index contributed by atoms with van der Waals surface area (Å²) in [5.41, 5.74) is 9.25. The summed E-state index contributed by atoms with van der Waals surface area (Å²) in [6.07, 6.45) is -4.71. The molecule has 0 aliphatic carbocycles. The molecule has 118 valence electrons. The SMILES string of the molecule is Cc1nc(C2CNNN2)n(-c2ccc(OC(F)(F)F)cc2)n1. The van der Waals surface area contributed by atoms with Crippen LogP contribution in [0.5, 0.6) is 5.75 Å². The number of hydrazine groups is 2. The van der Waals surface area contributed by atoms with Crippen LogP contribution in [0.15, 0.2) is 24.3 Å². The van der Waals surface area contributed by atoms with Crippen molar-refractivity contribution in [1.29, 1.82) is 0 Å². The van der Waals surface area contributed by atoms with E-state index in [2.05, 4.69) is 31.2 Å². The zero-order chi connectivity index (χ0) is 15.7. The fourth-order valence-corrected chi connectivity index (χ4v) is 2.13. The molecular formula is C12H13F3N6O. The van der Waals surface area contributed by atoms with Gasteiger partial charge in [0, 0.05) is 6.54 Å². The third kappa shape index (κ3) is 3.18. The Morgan fingerprint density at radius 1 is 1.27 bits per heavy atom. The Labute approximate surface area is 123 Å². The molecule has 0 amide bonds. The molecule has 1 saturated heterocycles. The van der Waals surface area contributed by atoms with E-state index in [9.17, 15) is 13.2 Å². The van der Waals surface area contributed by atoms with E-state index in [1.807, 2.05) is 0 Å². The van der Waals surface area contributed by atoms with Crippen LogP contribution < -0.4 is 21.1 Å². The van der Waals surface area contributed by atoms with Gasteiger partial charge in [-0.25, -0.2) is 20.5 Å². The van der Waals surface area contributed by atoms with Crippen molar-refractivity contribution in [2.24, 2.45) is 0 Å². The van der Waals surface area contributed by atoms with Crippen molar-refractivity contribution in [3.8, 4) is 11.4 Å². The molecule has 1 aliphatic heterocycles. The van der Waals surface area contributed by atoms with Crippen LogP contribution in [0.25, 0.3) is 5.69 Å². The van der Waals surface area contributed by atoms with Gasteiger partial charge in [-0.3, -0.25) is 0 Å². The Hall–Kier alpha value is -2.17. The monoisotopic (exact) mass is 314 g/mol. The minimum atomic E-state index is -4.71. The quantitative estimate of drug-likeness (QED) is 0.788. The Morgan fingerprint density at radius 3 is 2.59 bits per heavy atom. The molecule has 1 atom stereocenters. The fourth-order valence-electron chi connectivity index (χ4n) is 2.13. The van der Waals surface area contributed by atoms with E-state index in [1.165, 1.54) is 24.3 Å². The Balaban J connectivity index is 1.88. The first-order valence-electron chi connectivity index (χ1n) is 6.45. The number of hydrogen-bond donors (Lipinski definition) is 3. The van der Waals surface area contributed by atoms with Crippen molar-refractivity contribution in [1.82, 2.24) is 31.2 Å². The van der Waals surface area contributed by atoms with Gasteiger partial charge in [-0.05, 0) is 31.2 Å². The lowest BCUT2D eigenvalue weighted by molar-refractivity contribution is -0.274. The maximum Gasteiger partial charge on any atom is 0.573 e. The number of halogens is 3. The smallest absolute Gasteiger partial charge is 0.406 e. The first-order chi connectivity index (χ1) is 10.4. The van der Waals surface area contributed by atoms with Crippen molar-refractivity contribution in [2.75, 3.05) is 6.54 Å². The zero-order valence-electron chi connectivity index (χ0n) is 11.5. The number of aryl methyl sites for hydroxylation is 1. The van der Waals surface area contributed by atoms with E-state index in [0.29, 0.717) is 23.9 Å². The van der Waals surface area contributed by atoms with E-state index < -0.39 is 6.36 Å². The van der Waals surface area contributed by atoms with Crippen LogP contribution in [-0.2, 0) is 0 Å².